The second kappa shape index (κ2) is 6.47. The molecule has 0 saturated heterocycles. The lowest BCUT2D eigenvalue weighted by Crippen LogP contribution is -2.17. The summed E-state index contributed by atoms with van der Waals surface area (Å²) in [6.07, 6.45) is 0.699. The van der Waals surface area contributed by atoms with Crippen LogP contribution in [-0.4, -0.2) is 16.0 Å². The predicted octanol–water partition coefficient (Wildman–Crippen LogP) is 2.57. The zero-order chi connectivity index (χ0) is 12.1. The minimum Gasteiger partial charge on any atom is -0.330 e. The van der Waals surface area contributed by atoms with Crippen molar-refractivity contribution in [2.24, 2.45) is 5.73 Å². The van der Waals surface area contributed by atoms with E-state index in [2.05, 4.69) is 15.9 Å². The van der Waals surface area contributed by atoms with Crippen LogP contribution in [0.2, 0.25) is 0 Å². The first kappa shape index (κ1) is 13.8. The molecule has 0 amide bonds. The number of nitrogens with two attached hydrogens (primary N) is 1. The number of hydrogen-bond donors (Lipinski definition) is 1. The molecule has 0 aliphatic rings. The summed E-state index contributed by atoms with van der Waals surface area (Å²) in [7, 11) is -1.07. The predicted molar refractivity (Wildman–Crippen MR) is 69.1 cm³/mol. The lowest BCUT2D eigenvalue weighted by Gasteiger charge is -2.10. The first-order chi connectivity index (χ1) is 7.54. The minimum absolute atomic E-state index is 0.00745. The number of rotatable bonds is 5. The molecule has 0 spiro atoms. The molecule has 2 unspecified atom stereocenters. The van der Waals surface area contributed by atoms with Gasteiger partial charge in [-0.15, -0.1) is 0 Å². The van der Waals surface area contributed by atoms with Crippen LogP contribution in [0.15, 0.2) is 22.7 Å². The van der Waals surface area contributed by atoms with E-state index in [0.717, 1.165) is 0 Å². The molecule has 2 N–H and O–H groups in total. The molecule has 0 heterocycles. The lowest BCUT2D eigenvalue weighted by molar-refractivity contribution is 0.613. The molecule has 0 aromatic heterocycles. The van der Waals surface area contributed by atoms with Gasteiger partial charge in [-0.2, -0.15) is 0 Å². The minimum atomic E-state index is -1.07. The third-order valence-electron chi connectivity index (χ3n) is 2.33. The van der Waals surface area contributed by atoms with Crippen LogP contribution in [-0.2, 0) is 16.6 Å². The van der Waals surface area contributed by atoms with E-state index >= 15 is 0 Å². The van der Waals surface area contributed by atoms with Crippen LogP contribution in [0.1, 0.15) is 18.9 Å². The van der Waals surface area contributed by atoms with E-state index in [4.69, 9.17) is 5.73 Å². The van der Waals surface area contributed by atoms with Crippen LogP contribution in [0.25, 0.3) is 0 Å². The molecule has 1 aromatic rings. The third-order valence-corrected chi connectivity index (χ3v) is 4.56. The summed E-state index contributed by atoms with van der Waals surface area (Å²) in [5.41, 5.74) is 5.89. The van der Waals surface area contributed by atoms with E-state index in [0.29, 0.717) is 23.0 Å². The summed E-state index contributed by atoms with van der Waals surface area (Å²) in [5.74, 6) is -0.0667. The highest BCUT2D eigenvalue weighted by Gasteiger charge is 2.13. The second-order valence-corrected chi connectivity index (χ2v) is 6.42. The molecule has 5 heteroatoms. The smallest absolute Gasteiger partial charge is 0.128 e. The molecule has 0 saturated carbocycles. The van der Waals surface area contributed by atoms with Crippen molar-refractivity contribution in [1.82, 2.24) is 0 Å². The van der Waals surface area contributed by atoms with E-state index < -0.39 is 10.8 Å². The van der Waals surface area contributed by atoms with Crippen molar-refractivity contribution >= 4 is 26.7 Å². The van der Waals surface area contributed by atoms with Gasteiger partial charge in [-0.1, -0.05) is 28.9 Å². The summed E-state index contributed by atoms with van der Waals surface area (Å²) in [5, 5.41) is 0.00745. The monoisotopic (exact) mass is 307 g/mol. The van der Waals surface area contributed by atoms with Crippen LogP contribution in [0.3, 0.4) is 0 Å². The molecule has 1 aromatic carbocycles. The lowest BCUT2D eigenvalue weighted by atomic mass is 10.2. The average molecular weight is 308 g/mol. The fourth-order valence-electron chi connectivity index (χ4n) is 1.30. The largest absolute Gasteiger partial charge is 0.330 e. The van der Waals surface area contributed by atoms with Crippen molar-refractivity contribution in [3.63, 3.8) is 0 Å². The van der Waals surface area contributed by atoms with Crippen molar-refractivity contribution in [3.05, 3.63) is 34.1 Å². The van der Waals surface area contributed by atoms with Gasteiger partial charge in [0.05, 0.1) is 5.75 Å². The van der Waals surface area contributed by atoms with Crippen molar-refractivity contribution in [2.75, 3.05) is 6.54 Å². The molecule has 0 aliphatic carbocycles. The maximum absolute atomic E-state index is 13.5. The van der Waals surface area contributed by atoms with Gasteiger partial charge < -0.3 is 5.73 Å². The summed E-state index contributed by atoms with van der Waals surface area (Å²) in [6.45, 7) is 2.38. The van der Waals surface area contributed by atoms with Gasteiger partial charge >= 0.3 is 0 Å². The van der Waals surface area contributed by atoms with E-state index in [1.54, 1.807) is 12.1 Å². The zero-order valence-electron chi connectivity index (χ0n) is 9.08. The molecule has 90 valence electrons. The number of halogens is 2. The molecule has 0 bridgehead atoms. The van der Waals surface area contributed by atoms with Gasteiger partial charge in [0.15, 0.2) is 0 Å². The van der Waals surface area contributed by atoms with Gasteiger partial charge in [-0.05, 0) is 25.1 Å². The van der Waals surface area contributed by atoms with Gasteiger partial charge in [0.1, 0.15) is 5.82 Å². The summed E-state index contributed by atoms with van der Waals surface area (Å²) in [4.78, 5) is 0. The number of hydrogen-bond acceptors (Lipinski definition) is 2. The molecule has 2 atom stereocenters. The van der Waals surface area contributed by atoms with Gasteiger partial charge in [-0.25, -0.2) is 4.39 Å². The van der Waals surface area contributed by atoms with E-state index in [1.165, 1.54) is 6.07 Å². The summed E-state index contributed by atoms with van der Waals surface area (Å²) >= 11 is 3.18. The maximum atomic E-state index is 13.5. The Balaban J connectivity index is 2.69. The van der Waals surface area contributed by atoms with Crippen molar-refractivity contribution in [1.29, 1.82) is 0 Å². The Morgan fingerprint density at radius 2 is 2.25 bits per heavy atom. The molecule has 0 fully saturated rings. The standard InChI is InChI=1S/C11H15BrFNOS/c1-8(4-5-14)16(15)7-9-2-3-10(12)6-11(9)13/h2-3,6,8H,4-5,7,14H2,1H3. The fraction of sp³-hybridized carbons (Fsp3) is 0.455. The van der Waals surface area contributed by atoms with E-state index in [-0.39, 0.29) is 16.8 Å². The second-order valence-electron chi connectivity index (χ2n) is 3.65. The fourth-order valence-corrected chi connectivity index (χ4v) is 2.86. The Kier molecular flexibility index (Phi) is 5.58. The molecule has 16 heavy (non-hydrogen) atoms. The highest BCUT2D eigenvalue weighted by molar-refractivity contribution is 9.10. The topological polar surface area (TPSA) is 43.1 Å². The van der Waals surface area contributed by atoms with Crippen LogP contribution in [0, 0.1) is 5.82 Å². The van der Waals surface area contributed by atoms with Gasteiger partial charge in [0.25, 0.3) is 0 Å². The number of benzene rings is 1. The Labute approximate surface area is 106 Å². The molecular formula is C11H15BrFNOS. The highest BCUT2D eigenvalue weighted by Crippen LogP contribution is 2.18. The van der Waals surface area contributed by atoms with Gasteiger partial charge in [0.2, 0.25) is 0 Å². The average Bonchev–Trinajstić information content (AvgIpc) is 2.22. The molecule has 2 nitrogen and oxygen atoms in total. The van der Waals surface area contributed by atoms with Gasteiger partial charge in [-0.3, -0.25) is 4.21 Å². The SMILES string of the molecule is CC(CCN)S(=O)Cc1ccc(Br)cc1F. The Morgan fingerprint density at radius 1 is 1.56 bits per heavy atom. The molecule has 1 rings (SSSR count). The van der Waals surface area contributed by atoms with Crippen molar-refractivity contribution in [2.45, 2.75) is 24.3 Å². The van der Waals surface area contributed by atoms with Crippen LogP contribution >= 0.6 is 15.9 Å². The Hall–Kier alpha value is -0.260. The van der Waals surface area contributed by atoms with E-state index in [9.17, 15) is 8.60 Å². The van der Waals surface area contributed by atoms with Crippen molar-refractivity contribution in [3.8, 4) is 0 Å². The van der Waals surface area contributed by atoms with E-state index in [1.807, 2.05) is 6.92 Å². The van der Waals surface area contributed by atoms with Crippen LogP contribution in [0.5, 0.6) is 0 Å². The quantitative estimate of drug-likeness (QED) is 0.908. The molecular weight excluding hydrogens is 293 g/mol. The van der Waals surface area contributed by atoms with Crippen LogP contribution < -0.4 is 5.73 Å². The first-order valence-corrected chi connectivity index (χ1v) is 7.23. The normalized spacial score (nSPS) is 14.8. The van der Waals surface area contributed by atoms with Gasteiger partial charge in [0, 0.05) is 26.1 Å². The Morgan fingerprint density at radius 3 is 2.81 bits per heavy atom. The third kappa shape index (κ3) is 3.96. The zero-order valence-corrected chi connectivity index (χ0v) is 11.5. The summed E-state index contributed by atoms with van der Waals surface area (Å²) in [6, 6.07) is 4.80. The molecule has 0 radical (unpaired) electrons. The maximum Gasteiger partial charge on any atom is 0.128 e. The highest BCUT2D eigenvalue weighted by atomic mass is 79.9. The molecule has 0 aliphatic heterocycles. The van der Waals surface area contributed by atoms with Crippen molar-refractivity contribution < 1.29 is 8.60 Å². The first-order valence-electron chi connectivity index (χ1n) is 5.05. The Bertz CT molecular complexity index is 386. The van der Waals surface area contributed by atoms with Crippen LogP contribution in [0.4, 0.5) is 4.39 Å². The summed E-state index contributed by atoms with van der Waals surface area (Å²) < 4.78 is 26.0.